The normalized spacial score (nSPS) is 15.1. The van der Waals surface area contributed by atoms with E-state index in [4.69, 9.17) is 0 Å². The van der Waals surface area contributed by atoms with Crippen molar-refractivity contribution >= 4 is 22.9 Å². The van der Waals surface area contributed by atoms with Crippen LogP contribution in [0.5, 0.6) is 0 Å². The van der Waals surface area contributed by atoms with Crippen molar-refractivity contribution in [3.63, 3.8) is 0 Å². The van der Waals surface area contributed by atoms with Gasteiger partial charge in [-0.25, -0.2) is 13.8 Å². The van der Waals surface area contributed by atoms with Crippen LogP contribution < -0.4 is 4.90 Å². The molecule has 0 aliphatic heterocycles. The summed E-state index contributed by atoms with van der Waals surface area (Å²) in [7, 11) is 0. The second-order valence-corrected chi connectivity index (χ2v) is 6.55. The summed E-state index contributed by atoms with van der Waals surface area (Å²) in [5.74, 6) is -1.72. The molecule has 3 nitrogen and oxygen atoms in total. The van der Waals surface area contributed by atoms with Crippen LogP contribution in [-0.2, 0) is 0 Å². The SMILES string of the molecule is CCN(C(=O)c1scnc1C1CCCC1)c1ccc(F)c(F)c1. The lowest BCUT2D eigenvalue weighted by Crippen LogP contribution is -2.31. The lowest BCUT2D eigenvalue weighted by Gasteiger charge is -2.21. The Labute approximate surface area is 138 Å². The van der Waals surface area contributed by atoms with Gasteiger partial charge in [0, 0.05) is 24.2 Å². The average molecular weight is 336 g/mol. The van der Waals surface area contributed by atoms with Gasteiger partial charge in [0.25, 0.3) is 5.91 Å². The van der Waals surface area contributed by atoms with E-state index in [1.165, 1.54) is 22.3 Å². The van der Waals surface area contributed by atoms with Crippen LogP contribution in [0.25, 0.3) is 0 Å². The maximum atomic E-state index is 13.5. The summed E-state index contributed by atoms with van der Waals surface area (Å²) >= 11 is 1.32. The zero-order chi connectivity index (χ0) is 16.4. The van der Waals surface area contributed by atoms with E-state index >= 15 is 0 Å². The summed E-state index contributed by atoms with van der Waals surface area (Å²) in [4.78, 5) is 19.4. The second kappa shape index (κ2) is 6.74. The molecule has 1 aliphatic rings. The van der Waals surface area contributed by atoms with Crippen molar-refractivity contribution in [2.24, 2.45) is 0 Å². The first kappa shape index (κ1) is 16.1. The van der Waals surface area contributed by atoms with Gasteiger partial charge in [0.05, 0.1) is 11.2 Å². The maximum absolute atomic E-state index is 13.5. The Morgan fingerprint density at radius 3 is 2.70 bits per heavy atom. The Morgan fingerprint density at radius 1 is 1.30 bits per heavy atom. The van der Waals surface area contributed by atoms with Gasteiger partial charge >= 0.3 is 0 Å². The van der Waals surface area contributed by atoms with Crippen molar-refractivity contribution in [1.82, 2.24) is 4.98 Å². The van der Waals surface area contributed by atoms with E-state index in [0.717, 1.165) is 43.5 Å². The summed E-state index contributed by atoms with van der Waals surface area (Å²) in [6.45, 7) is 2.20. The van der Waals surface area contributed by atoms with Crippen LogP contribution in [0.3, 0.4) is 0 Å². The molecule has 1 aromatic carbocycles. The quantitative estimate of drug-likeness (QED) is 0.807. The van der Waals surface area contributed by atoms with Gasteiger partial charge in [-0.05, 0) is 31.9 Å². The topological polar surface area (TPSA) is 33.2 Å². The van der Waals surface area contributed by atoms with Crippen LogP contribution in [0.15, 0.2) is 23.7 Å². The minimum atomic E-state index is -0.950. The van der Waals surface area contributed by atoms with Gasteiger partial charge in [-0.15, -0.1) is 11.3 Å². The summed E-state index contributed by atoms with van der Waals surface area (Å²) in [6.07, 6.45) is 4.44. The largest absolute Gasteiger partial charge is 0.308 e. The van der Waals surface area contributed by atoms with E-state index < -0.39 is 11.6 Å². The number of carbonyl (C=O) groups excluding carboxylic acids is 1. The lowest BCUT2D eigenvalue weighted by atomic mass is 10.0. The highest BCUT2D eigenvalue weighted by Gasteiger charge is 2.28. The van der Waals surface area contributed by atoms with Gasteiger partial charge in [0.2, 0.25) is 0 Å². The third-order valence-electron chi connectivity index (χ3n) is 4.31. The zero-order valence-corrected chi connectivity index (χ0v) is 13.7. The van der Waals surface area contributed by atoms with Crippen LogP contribution in [0, 0.1) is 11.6 Å². The van der Waals surface area contributed by atoms with Crippen LogP contribution in [0.1, 0.15) is 53.9 Å². The standard InChI is InChI=1S/C17H18F2N2OS/c1-2-21(12-7-8-13(18)14(19)9-12)17(22)16-15(20-10-23-16)11-5-3-4-6-11/h7-11H,2-6H2,1H3. The molecule has 1 saturated carbocycles. The predicted molar refractivity (Wildman–Crippen MR) is 87.0 cm³/mol. The smallest absolute Gasteiger partial charge is 0.270 e. The number of aromatic nitrogens is 1. The minimum absolute atomic E-state index is 0.192. The van der Waals surface area contributed by atoms with Gasteiger partial charge in [-0.1, -0.05) is 12.8 Å². The lowest BCUT2D eigenvalue weighted by molar-refractivity contribution is 0.0990. The fourth-order valence-electron chi connectivity index (χ4n) is 3.12. The van der Waals surface area contributed by atoms with Crippen LogP contribution in [0.4, 0.5) is 14.5 Å². The van der Waals surface area contributed by atoms with Gasteiger partial charge < -0.3 is 4.90 Å². The fraction of sp³-hybridized carbons (Fsp3) is 0.412. The molecular formula is C17H18F2N2OS. The van der Waals surface area contributed by atoms with Crippen molar-refractivity contribution < 1.29 is 13.6 Å². The molecular weight excluding hydrogens is 318 g/mol. The first-order chi connectivity index (χ1) is 11.1. The van der Waals surface area contributed by atoms with E-state index in [1.54, 1.807) is 5.51 Å². The molecule has 0 unspecified atom stereocenters. The Balaban J connectivity index is 1.91. The molecule has 1 aromatic heterocycles. The number of hydrogen-bond donors (Lipinski definition) is 0. The molecule has 1 heterocycles. The highest BCUT2D eigenvalue weighted by molar-refractivity contribution is 7.12. The second-order valence-electron chi connectivity index (χ2n) is 5.70. The van der Waals surface area contributed by atoms with Gasteiger partial charge in [-0.3, -0.25) is 4.79 Å². The van der Waals surface area contributed by atoms with Gasteiger partial charge in [0.1, 0.15) is 4.88 Å². The van der Waals surface area contributed by atoms with E-state index in [2.05, 4.69) is 4.98 Å². The molecule has 3 rings (SSSR count). The number of thiazole rings is 1. The number of anilines is 1. The Bertz CT molecular complexity index is 710. The Hall–Kier alpha value is -1.82. The van der Waals surface area contributed by atoms with Gasteiger partial charge in [0.15, 0.2) is 11.6 Å². The van der Waals surface area contributed by atoms with E-state index in [-0.39, 0.29) is 5.91 Å². The van der Waals surface area contributed by atoms with Crippen LogP contribution in [-0.4, -0.2) is 17.4 Å². The highest BCUT2D eigenvalue weighted by Crippen LogP contribution is 2.37. The molecule has 0 spiro atoms. The van der Waals surface area contributed by atoms with Crippen molar-refractivity contribution in [2.45, 2.75) is 38.5 Å². The molecule has 122 valence electrons. The monoisotopic (exact) mass is 336 g/mol. The van der Waals surface area contributed by atoms with Gasteiger partial charge in [-0.2, -0.15) is 0 Å². The summed E-state index contributed by atoms with van der Waals surface area (Å²) in [5, 5.41) is 0. The molecule has 6 heteroatoms. The highest BCUT2D eigenvalue weighted by atomic mass is 32.1. The number of halogens is 2. The molecule has 0 bridgehead atoms. The molecule has 1 fully saturated rings. The van der Waals surface area contributed by atoms with Crippen LogP contribution >= 0.6 is 11.3 Å². The van der Waals surface area contributed by atoms with E-state index in [9.17, 15) is 13.6 Å². The summed E-state index contributed by atoms with van der Waals surface area (Å²) in [6, 6.07) is 3.54. The van der Waals surface area contributed by atoms with Crippen molar-refractivity contribution in [2.75, 3.05) is 11.4 Å². The summed E-state index contributed by atoms with van der Waals surface area (Å²) < 4.78 is 26.6. The average Bonchev–Trinajstić information content (AvgIpc) is 3.21. The summed E-state index contributed by atoms with van der Waals surface area (Å²) in [5.41, 5.74) is 2.92. The molecule has 1 amide bonds. The third kappa shape index (κ3) is 3.13. The number of rotatable bonds is 4. The van der Waals surface area contributed by atoms with E-state index in [1.807, 2.05) is 6.92 Å². The predicted octanol–water partition coefficient (Wildman–Crippen LogP) is 4.75. The fourth-order valence-corrected chi connectivity index (χ4v) is 3.95. The molecule has 2 aromatic rings. The molecule has 1 aliphatic carbocycles. The molecule has 0 N–H and O–H groups in total. The first-order valence-corrected chi connectivity index (χ1v) is 8.70. The zero-order valence-electron chi connectivity index (χ0n) is 12.9. The number of carbonyl (C=O) groups is 1. The van der Waals surface area contributed by atoms with E-state index in [0.29, 0.717) is 23.0 Å². The third-order valence-corrected chi connectivity index (χ3v) is 5.14. The molecule has 23 heavy (non-hydrogen) atoms. The Kier molecular flexibility index (Phi) is 4.71. The number of amides is 1. The minimum Gasteiger partial charge on any atom is -0.308 e. The van der Waals surface area contributed by atoms with Crippen molar-refractivity contribution in [1.29, 1.82) is 0 Å². The molecule has 0 saturated heterocycles. The first-order valence-electron chi connectivity index (χ1n) is 7.82. The number of benzene rings is 1. The Morgan fingerprint density at radius 2 is 2.04 bits per heavy atom. The molecule has 0 radical (unpaired) electrons. The van der Waals surface area contributed by atoms with Crippen molar-refractivity contribution in [3.05, 3.63) is 45.9 Å². The molecule has 0 atom stereocenters. The van der Waals surface area contributed by atoms with Crippen LogP contribution in [0.2, 0.25) is 0 Å². The number of nitrogens with zero attached hydrogens (tertiary/aromatic N) is 2. The number of hydrogen-bond acceptors (Lipinski definition) is 3. The van der Waals surface area contributed by atoms with Crippen molar-refractivity contribution in [3.8, 4) is 0 Å². The maximum Gasteiger partial charge on any atom is 0.270 e.